The van der Waals surface area contributed by atoms with Crippen LogP contribution in [0.2, 0.25) is 5.02 Å². The molecule has 0 unspecified atom stereocenters. The molecule has 0 atom stereocenters. The van der Waals surface area contributed by atoms with Crippen LogP contribution in [0.4, 0.5) is 13.2 Å². The van der Waals surface area contributed by atoms with Gasteiger partial charge in [-0.05, 0) is 22.0 Å². The van der Waals surface area contributed by atoms with Crippen LogP contribution >= 0.6 is 39.3 Å². The second-order valence-corrected chi connectivity index (χ2v) is 4.44. The Kier molecular flexibility index (Phi) is 2.64. The summed E-state index contributed by atoms with van der Waals surface area (Å²) in [6, 6.07) is 0.909. The molecule has 2 nitrogen and oxygen atoms in total. The fourth-order valence-electron chi connectivity index (χ4n) is 1.08. The highest BCUT2D eigenvalue weighted by Crippen LogP contribution is 2.40. The number of rotatable bonds is 0. The normalized spacial score (nSPS) is 12.3. The number of benzene rings is 1. The van der Waals surface area contributed by atoms with E-state index in [-0.39, 0.29) is 9.99 Å². The largest absolute Gasteiger partial charge is 0.417 e. The first-order chi connectivity index (χ1) is 6.91. The fourth-order valence-corrected chi connectivity index (χ4v) is 2.61. The van der Waals surface area contributed by atoms with Crippen molar-refractivity contribution in [3.63, 3.8) is 0 Å². The quantitative estimate of drug-likeness (QED) is 0.730. The van der Waals surface area contributed by atoms with E-state index in [0.717, 1.165) is 17.8 Å². The Hall–Kier alpha value is -0.400. The Morgan fingerprint density at radius 3 is 2.47 bits per heavy atom. The van der Waals surface area contributed by atoms with Gasteiger partial charge in [0.2, 0.25) is 0 Å². The van der Waals surface area contributed by atoms with Crippen molar-refractivity contribution in [1.29, 1.82) is 0 Å². The SMILES string of the molecule is FC(F)(F)c1cc(Br)c2nsnc2c1Cl. The molecule has 2 rings (SSSR count). The molecular formula is C7HBrClF3N2S. The van der Waals surface area contributed by atoms with Gasteiger partial charge in [-0.3, -0.25) is 0 Å². The van der Waals surface area contributed by atoms with E-state index in [1.165, 1.54) is 0 Å². The van der Waals surface area contributed by atoms with Gasteiger partial charge in [0.05, 0.1) is 22.3 Å². The van der Waals surface area contributed by atoms with Gasteiger partial charge < -0.3 is 0 Å². The average molecular weight is 318 g/mol. The molecule has 1 aromatic heterocycles. The van der Waals surface area contributed by atoms with E-state index in [1.54, 1.807) is 0 Å². The lowest BCUT2D eigenvalue weighted by Crippen LogP contribution is -2.06. The molecule has 1 heterocycles. The van der Waals surface area contributed by atoms with Crippen LogP contribution < -0.4 is 0 Å². The molecule has 0 saturated heterocycles. The number of fused-ring (bicyclic) bond motifs is 1. The van der Waals surface area contributed by atoms with E-state index in [1.807, 2.05) is 0 Å². The van der Waals surface area contributed by atoms with Gasteiger partial charge in [-0.2, -0.15) is 21.9 Å². The minimum atomic E-state index is -4.49. The van der Waals surface area contributed by atoms with Crippen LogP contribution in [0.25, 0.3) is 11.0 Å². The zero-order valence-electron chi connectivity index (χ0n) is 6.77. The van der Waals surface area contributed by atoms with Crippen molar-refractivity contribution < 1.29 is 13.2 Å². The summed E-state index contributed by atoms with van der Waals surface area (Å²) in [5.41, 5.74) is -0.488. The Morgan fingerprint density at radius 1 is 1.27 bits per heavy atom. The maximum absolute atomic E-state index is 12.5. The Bertz CT molecular complexity index is 525. The molecule has 0 saturated carbocycles. The van der Waals surface area contributed by atoms with Gasteiger partial charge in [-0.1, -0.05) is 11.6 Å². The molecule has 80 valence electrons. The molecule has 8 heteroatoms. The predicted molar refractivity (Wildman–Crippen MR) is 55.1 cm³/mol. The summed E-state index contributed by atoms with van der Waals surface area (Å²) in [5, 5.41) is -0.408. The molecule has 0 fully saturated rings. The van der Waals surface area contributed by atoms with Crippen molar-refractivity contribution in [3.8, 4) is 0 Å². The van der Waals surface area contributed by atoms with Crippen molar-refractivity contribution >= 4 is 50.3 Å². The van der Waals surface area contributed by atoms with Crippen molar-refractivity contribution in [1.82, 2.24) is 8.75 Å². The Labute approximate surface area is 99.5 Å². The van der Waals surface area contributed by atoms with E-state index < -0.39 is 16.8 Å². The van der Waals surface area contributed by atoms with Crippen LogP contribution in [-0.2, 0) is 6.18 Å². The lowest BCUT2D eigenvalue weighted by Gasteiger charge is -2.09. The maximum atomic E-state index is 12.5. The summed E-state index contributed by atoms with van der Waals surface area (Å²) in [6.45, 7) is 0. The highest BCUT2D eigenvalue weighted by Gasteiger charge is 2.35. The molecule has 0 aliphatic rings. The smallest absolute Gasteiger partial charge is 0.172 e. The van der Waals surface area contributed by atoms with E-state index in [4.69, 9.17) is 11.6 Å². The third kappa shape index (κ3) is 1.83. The molecule has 0 bridgehead atoms. The molecule has 0 amide bonds. The summed E-state index contributed by atoms with van der Waals surface area (Å²) in [6.07, 6.45) is -4.49. The van der Waals surface area contributed by atoms with Gasteiger partial charge >= 0.3 is 6.18 Å². The van der Waals surface area contributed by atoms with Crippen LogP contribution in [0.3, 0.4) is 0 Å². The van der Waals surface area contributed by atoms with Gasteiger partial charge in [0.15, 0.2) is 0 Å². The first kappa shape index (κ1) is 11.1. The average Bonchev–Trinajstić information content (AvgIpc) is 2.58. The number of aromatic nitrogens is 2. The number of nitrogens with zero attached hydrogens (tertiary/aromatic N) is 2. The van der Waals surface area contributed by atoms with Crippen molar-refractivity contribution in [2.45, 2.75) is 6.18 Å². The minimum Gasteiger partial charge on any atom is -0.172 e. The first-order valence-corrected chi connectivity index (χ1v) is 5.49. The monoisotopic (exact) mass is 316 g/mol. The fraction of sp³-hybridized carbons (Fsp3) is 0.143. The van der Waals surface area contributed by atoms with Crippen molar-refractivity contribution in [2.24, 2.45) is 0 Å². The lowest BCUT2D eigenvalue weighted by atomic mass is 10.2. The standard InChI is InChI=1S/C7HBrClF3N2S/c8-3-1-2(7(10,11)12)4(9)6-5(3)13-15-14-6/h1H. The predicted octanol–water partition coefficient (Wildman–Crippen LogP) is 4.13. The molecule has 0 aliphatic carbocycles. The van der Waals surface area contributed by atoms with E-state index in [9.17, 15) is 13.2 Å². The van der Waals surface area contributed by atoms with E-state index in [0.29, 0.717) is 5.52 Å². The highest BCUT2D eigenvalue weighted by molar-refractivity contribution is 9.10. The Balaban J connectivity index is 2.83. The molecule has 0 spiro atoms. The number of hydrogen-bond acceptors (Lipinski definition) is 3. The number of alkyl halides is 3. The van der Waals surface area contributed by atoms with Crippen LogP contribution in [0, 0.1) is 0 Å². The van der Waals surface area contributed by atoms with E-state index >= 15 is 0 Å². The summed E-state index contributed by atoms with van der Waals surface area (Å²) in [5.74, 6) is 0. The molecule has 1 aromatic carbocycles. The van der Waals surface area contributed by atoms with Gasteiger partial charge in [-0.25, -0.2) is 0 Å². The first-order valence-electron chi connectivity index (χ1n) is 3.58. The molecule has 0 aliphatic heterocycles. The molecule has 0 N–H and O–H groups in total. The zero-order valence-corrected chi connectivity index (χ0v) is 9.93. The van der Waals surface area contributed by atoms with Crippen molar-refractivity contribution in [2.75, 3.05) is 0 Å². The molecule has 2 aromatic rings. The van der Waals surface area contributed by atoms with Gasteiger partial charge in [-0.15, -0.1) is 0 Å². The number of hydrogen-bond donors (Lipinski definition) is 0. The topological polar surface area (TPSA) is 25.8 Å². The summed E-state index contributed by atoms with van der Waals surface area (Å²) >= 11 is 9.42. The van der Waals surface area contributed by atoms with Crippen LogP contribution in [0.5, 0.6) is 0 Å². The summed E-state index contributed by atoms with van der Waals surface area (Å²) in [7, 11) is 0. The highest BCUT2D eigenvalue weighted by atomic mass is 79.9. The van der Waals surface area contributed by atoms with Gasteiger partial charge in [0.1, 0.15) is 11.0 Å². The third-order valence-corrected chi connectivity index (χ3v) is 3.25. The second kappa shape index (κ2) is 3.57. The Morgan fingerprint density at radius 2 is 1.87 bits per heavy atom. The molecule has 0 radical (unpaired) electrons. The minimum absolute atomic E-state index is 0.0726. The number of halogens is 5. The van der Waals surface area contributed by atoms with Gasteiger partial charge in [0.25, 0.3) is 0 Å². The van der Waals surface area contributed by atoms with E-state index in [2.05, 4.69) is 24.7 Å². The second-order valence-electron chi connectivity index (χ2n) is 2.68. The molecule has 15 heavy (non-hydrogen) atoms. The van der Waals surface area contributed by atoms with Crippen LogP contribution in [0.1, 0.15) is 5.56 Å². The summed E-state index contributed by atoms with van der Waals surface area (Å²) < 4.78 is 45.3. The molecular weight excluding hydrogens is 317 g/mol. The lowest BCUT2D eigenvalue weighted by molar-refractivity contribution is -0.137. The van der Waals surface area contributed by atoms with Crippen molar-refractivity contribution in [3.05, 3.63) is 21.1 Å². The maximum Gasteiger partial charge on any atom is 0.417 e. The van der Waals surface area contributed by atoms with Crippen LogP contribution in [0.15, 0.2) is 10.5 Å². The van der Waals surface area contributed by atoms with Crippen LogP contribution in [-0.4, -0.2) is 8.75 Å². The summed E-state index contributed by atoms with van der Waals surface area (Å²) in [4.78, 5) is 0. The third-order valence-electron chi connectivity index (χ3n) is 1.74. The van der Waals surface area contributed by atoms with Gasteiger partial charge in [0, 0.05) is 4.47 Å². The zero-order chi connectivity index (χ0) is 11.2.